The Morgan fingerprint density at radius 2 is 1.85 bits per heavy atom. The largest absolute Gasteiger partial charge is 0.465 e. The van der Waals surface area contributed by atoms with Crippen molar-refractivity contribution in [3.05, 3.63) is 36.0 Å². The number of nitrogens with zero attached hydrogens (tertiary/aromatic N) is 4. The highest BCUT2D eigenvalue weighted by Gasteiger charge is 2.44. The minimum absolute atomic E-state index is 0.180. The van der Waals surface area contributed by atoms with Crippen LogP contribution in [0.3, 0.4) is 0 Å². The van der Waals surface area contributed by atoms with Crippen molar-refractivity contribution in [1.29, 1.82) is 0 Å². The van der Waals surface area contributed by atoms with Gasteiger partial charge in [-0.1, -0.05) is 0 Å². The maximum absolute atomic E-state index is 12.9. The minimum atomic E-state index is -4.62. The molecule has 1 aromatic rings. The molecule has 1 atom stereocenters. The Bertz CT molecular complexity index is 825. The van der Waals surface area contributed by atoms with Crippen LogP contribution in [0, 0.1) is 0 Å². The van der Waals surface area contributed by atoms with E-state index < -0.39 is 45.3 Å². The lowest BCUT2D eigenvalue weighted by Crippen LogP contribution is -2.39. The van der Waals surface area contributed by atoms with Gasteiger partial charge >= 0.3 is 12.4 Å². The quantitative estimate of drug-likeness (QED) is 0.476. The van der Waals surface area contributed by atoms with Crippen molar-refractivity contribution in [2.75, 3.05) is 0 Å². The maximum Gasteiger partial charge on any atom is 0.452 e. The standard InChI is InChI=1S/C14H9F6IN4O/c1-7(13(15,16)17)26-11-5-2-8(6-22-11)9-3-4-10-21-23-12(14(18,19)20)25(10)24-9/h2-7H,1H3. The summed E-state index contributed by atoms with van der Waals surface area (Å²) in [6, 6.07) is 2.57. The predicted molar refractivity (Wildman–Crippen MR) is 90.4 cm³/mol. The molecule has 1 aromatic heterocycles. The highest BCUT2D eigenvalue weighted by atomic mass is 127. The van der Waals surface area contributed by atoms with Gasteiger partial charge in [-0.15, -0.1) is 0 Å². The number of halogens is 7. The zero-order valence-electron chi connectivity index (χ0n) is 12.8. The van der Waals surface area contributed by atoms with Gasteiger partial charge in [-0.05, 0) is 25.1 Å². The second-order valence-electron chi connectivity index (χ2n) is 5.13. The van der Waals surface area contributed by atoms with Crippen LogP contribution in [0.2, 0.25) is 0 Å². The number of amidine groups is 1. The van der Waals surface area contributed by atoms with E-state index in [1.807, 2.05) is 0 Å². The van der Waals surface area contributed by atoms with Crippen LogP contribution in [0.25, 0.3) is 0 Å². The summed E-state index contributed by atoms with van der Waals surface area (Å²) in [5.41, 5.74) is 0.512. The van der Waals surface area contributed by atoms with Crippen LogP contribution in [-0.2, 0) is 0 Å². The molecule has 2 aliphatic rings. The van der Waals surface area contributed by atoms with Crippen LogP contribution in [0.5, 0.6) is 5.88 Å². The number of allylic oxidation sites excluding steroid dienone is 1. The summed E-state index contributed by atoms with van der Waals surface area (Å²) >= 11 is -1.17. The molecular weight excluding hydrogens is 481 g/mol. The molecular formula is C14H9F6IN4O. The Labute approximate surface area is 153 Å². The molecule has 0 radical (unpaired) electrons. The summed E-state index contributed by atoms with van der Waals surface area (Å²) in [6.45, 7) is 0.843. The average Bonchev–Trinajstić information content (AvgIpc) is 2.98. The molecule has 0 N–H and O–H groups in total. The molecule has 140 valence electrons. The molecule has 2 aliphatic heterocycles. The van der Waals surface area contributed by atoms with Crippen molar-refractivity contribution < 1.29 is 31.1 Å². The summed E-state index contributed by atoms with van der Waals surface area (Å²) in [5.74, 6) is -1.33. The Hall–Kier alpha value is -1.99. The first-order valence-corrected chi connectivity index (χ1v) is 9.03. The molecule has 0 spiro atoms. The molecule has 12 heteroatoms. The lowest BCUT2D eigenvalue weighted by atomic mass is 10.1. The van der Waals surface area contributed by atoms with Crippen molar-refractivity contribution in [3.63, 3.8) is 0 Å². The lowest BCUT2D eigenvalue weighted by Gasteiger charge is -2.21. The number of pyridine rings is 1. The number of ether oxygens (including phenoxy) is 1. The number of hydrogen-bond acceptors (Lipinski definition) is 5. The van der Waals surface area contributed by atoms with Crippen LogP contribution in [0.4, 0.5) is 26.3 Å². The number of aromatic nitrogens is 1. The second kappa shape index (κ2) is 6.63. The fraction of sp³-hybridized carbons (Fsp3) is 0.286. The third kappa shape index (κ3) is 3.88. The second-order valence-corrected chi connectivity index (χ2v) is 7.20. The third-order valence-corrected chi connectivity index (χ3v) is 5.25. The topological polar surface area (TPSA) is 50.1 Å². The van der Waals surface area contributed by atoms with Gasteiger partial charge in [0.1, 0.15) is 3.63 Å². The normalized spacial score (nSPS) is 18.4. The molecule has 5 nitrogen and oxygen atoms in total. The SMILES string of the molecule is CC(Oc1ccc(C2=NN3C(C(F)(F)F)=NI=C3C=C2)cn1)C(F)(F)F. The van der Waals surface area contributed by atoms with Crippen molar-refractivity contribution in [2.45, 2.75) is 25.4 Å². The zero-order valence-corrected chi connectivity index (χ0v) is 15.0. The first kappa shape index (κ1) is 18.8. The highest BCUT2D eigenvalue weighted by Crippen LogP contribution is 2.31. The van der Waals surface area contributed by atoms with Crippen LogP contribution in [0.15, 0.2) is 38.8 Å². The van der Waals surface area contributed by atoms with E-state index in [4.69, 9.17) is 0 Å². The van der Waals surface area contributed by atoms with Crippen LogP contribution in [0.1, 0.15) is 12.5 Å². The van der Waals surface area contributed by atoms with Gasteiger partial charge in [0.25, 0.3) is 0 Å². The summed E-state index contributed by atoms with van der Waals surface area (Å²) in [4.78, 5) is 3.75. The monoisotopic (exact) mass is 490 g/mol. The molecule has 26 heavy (non-hydrogen) atoms. The lowest BCUT2D eigenvalue weighted by molar-refractivity contribution is -0.189. The van der Waals surface area contributed by atoms with Crippen molar-refractivity contribution in [3.8, 4) is 5.88 Å². The Kier molecular flexibility index (Phi) is 4.79. The van der Waals surface area contributed by atoms with E-state index in [-0.39, 0.29) is 11.6 Å². The molecule has 0 amide bonds. The summed E-state index contributed by atoms with van der Waals surface area (Å²) < 4.78 is 84.9. The summed E-state index contributed by atoms with van der Waals surface area (Å²) in [6.07, 6.45) is -7.00. The Balaban J connectivity index is 1.79. The molecule has 1 unspecified atom stereocenters. The fourth-order valence-electron chi connectivity index (χ4n) is 1.91. The molecule has 3 heterocycles. The zero-order chi connectivity index (χ0) is 19.1. The van der Waals surface area contributed by atoms with Crippen LogP contribution < -0.4 is 4.74 Å². The van der Waals surface area contributed by atoms with E-state index in [2.05, 4.69) is 18.0 Å². The summed E-state index contributed by atoms with van der Waals surface area (Å²) in [7, 11) is 0. The van der Waals surface area contributed by atoms with Crippen LogP contribution in [-0.4, -0.2) is 43.6 Å². The van der Waals surface area contributed by atoms with E-state index >= 15 is 0 Å². The Morgan fingerprint density at radius 1 is 1.12 bits per heavy atom. The van der Waals surface area contributed by atoms with E-state index in [0.717, 1.165) is 11.9 Å². The maximum atomic E-state index is 12.9. The van der Waals surface area contributed by atoms with Crippen molar-refractivity contribution >= 4 is 36.2 Å². The van der Waals surface area contributed by atoms with Gasteiger partial charge in [-0.3, -0.25) is 0 Å². The molecule has 0 saturated carbocycles. The average molecular weight is 490 g/mol. The van der Waals surface area contributed by atoms with E-state index in [1.54, 1.807) is 0 Å². The predicted octanol–water partition coefficient (Wildman–Crippen LogP) is 3.98. The molecule has 0 bridgehead atoms. The van der Waals surface area contributed by atoms with E-state index in [0.29, 0.717) is 9.20 Å². The van der Waals surface area contributed by atoms with Gasteiger partial charge < -0.3 is 4.74 Å². The molecule has 0 aromatic carbocycles. The third-order valence-electron chi connectivity index (χ3n) is 3.24. The first-order chi connectivity index (χ1) is 12.1. The number of alkyl halides is 6. The van der Waals surface area contributed by atoms with Crippen molar-refractivity contribution in [2.24, 2.45) is 8.31 Å². The number of hydrogen-bond donors (Lipinski definition) is 0. The van der Waals surface area contributed by atoms with Gasteiger partial charge in [0, 0.05) is 17.8 Å². The van der Waals surface area contributed by atoms with E-state index in [1.165, 1.54) is 30.5 Å². The smallest absolute Gasteiger partial charge is 0.452 e. The van der Waals surface area contributed by atoms with Crippen molar-refractivity contribution in [1.82, 2.24) is 9.99 Å². The van der Waals surface area contributed by atoms with Gasteiger partial charge in [0.15, 0.2) is 6.10 Å². The molecule has 0 fully saturated rings. The van der Waals surface area contributed by atoms with Gasteiger partial charge in [0.2, 0.25) is 11.7 Å². The minimum Gasteiger partial charge on any atom is -0.465 e. The molecule has 0 aliphatic carbocycles. The van der Waals surface area contributed by atoms with Crippen LogP contribution >= 0.6 is 21.0 Å². The Morgan fingerprint density at radius 3 is 2.42 bits per heavy atom. The van der Waals surface area contributed by atoms with Gasteiger partial charge in [-0.2, -0.15) is 34.6 Å². The summed E-state index contributed by atoms with van der Waals surface area (Å²) in [5, 5.41) is 4.68. The van der Waals surface area contributed by atoms with Gasteiger partial charge in [-0.25, -0.2) is 9.99 Å². The number of fused-ring (bicyclic) bond motifs is 1. The molecule has 3 rings (SSSR count). The van der Waals surface area contributed by atoms with E-state index in [9.17, 15) is 26.3 Å². The first-order valence-electron chi connectivity index (χ1n) is 6.98. The highest BCUT2D eigenvalue weighted by molar-refractivity contribution is 14.2. The number of rotatable bonds is 3. The molecule has 0 saturated heterocycles. The fourth-order valence-corrected chi connectivity index (χ4v) is 3.74. The van der Waals surface area contributed by atoms with Gasteiger partial charge in [0.05, 0.1) is 26.7 Å². The number of hydrazone groups is 1.